The maximum atomic E-state index is 10.0. The summed E-state index contributed by atoms with van der Waals surface area (Å²) in [6.07, 6.45) is 0.899. The molecule has 0 spiro atoms. The fourth-order valence-corrected chi connectivity index (χ4v) is 1.22. The normalized spacial score (nSPS) is 20.9. The van der Waals surface area contributed by atoms with Crippen LogP contribution >= 0.6 is 11.9 Å². The highest BCUT2D eigenvalue weighted by Crippen LogP contribution is 2.19. The summed E-state index contributed by atoms with van der Waals surface area (Å²) in [5, 5.41) is 1.87. The Bertz CT molecular complexity index is 132. The number of hydrogen-bond acceptors (Lipinski definition) is 3. The molecule has 2 nitrogen and oxygen atoms in total. The summed E-state index contributed by atoms with van der Waals surface area (Å²) in [7, 11) is 1.96. The number of carbonyl (C=O) groups excluding carboxylic acids is 1. The van der Waals surface area contributed by atoms with Crippen molar-refractivity contribution in [3.63, 3.8) is 0 Å². The first-order valence-corrected chi connectivity index (χ1v) is 3.18. The SMILES string of the molecule is CN1CC(C=O)=CS1. The first-order valence-electron chi connectivity index (χ1n) is 2.35. The van der Waals surface area contributed by atoms with Crippen LogP contribution in [0.1, 0.15) is 0 Å². The Balaban J connectivity index is 2.49. The summed E-state index contributed by atoms with van der Waals surface area (Å²) in [6.45, 7) is 0.786. The number of rotatable bonds is 1. The number of nitrogens with zero attached hydrogens (tertiary/aromatic N) is 1. The van der Waals surface area contributed by atoms with Crippen LogP contribution in [0, 0.1) is 0 Å². The predicted octanol–water partition coefficient (Wildman–Crippen LogP) is 0.663. The van der Waals surface area contributed by atoms with Crippen molar-refractivity contribution in [3.8, 4) is 0 Å². The lowest BCUT2D eigenvalue weighted by molar-refractivity contribution is -0.105. The van der Waals surface area contributed by atoms with Crippen molar-refractivity contribution < 1.29 is 4.79 Å². The molecule has 0 aromatic rings. The molecular weight excluding hydrogens is 122 g/mol. The molecule has 0 atom stereocenters. The largest absolute Gasteiger partial charge is 0.298 e. The molecule has 1 aliphatic heterocycles. The zero-order valence-electron chi connectivity index (χ0n) is 4.63. The summed E-state index contributed by atoms with van der Waals surface area (Å²) in [4.78, 5) is 10.0. The van der Waals surface area contributed by atoms with E-state index in [4.69, 9.17) is 0 Å². The molecule has 0 aliphatic carbocycles. The van der Waals surface area contributed by atoms with Crippen LogP contribution in [0.2, 0.25) is 0 Å². The minimum atomic E-state index is 0.786. The second-order valence-electron chi connectivity index (χ2n) is 1.70. The maximum absolute atomic E-state index is 10.0. The molecule has 0 aromatic heterocycles. The van der Waals surface area contributed by atoms with Crippen molar-refractivity contribution in [1.29, 1.82) is 0 Å². The number of likely N-dealkylation sites (N-methyl/N-ethyl adjacent to an activating group) is 1. The van der Waals surface area contributed by atoms with E-state index < -0.39 is 0 Å². The molecule has 0 bridgehead atoms. The lowest BCUT2D eigenvalue weighted by Gasteiger charge is -2.01. The molecule has 0 unspecified atom stereocenters. The van der Waals surface area contributed by atoms with E-state index in [0.29, 0.717) is 0 Å². The van der Waals surface area contributed by atoms with Gasteiger partial charge in [0, 0.05) is 12.1 Å². The standard InChI is InChI=1S/C5H7NOS/c1-6-2-5(3-7)4-8-6/h3-4H,2H2,1H3. The molecular formula is C5H7NOS. The van der Waals surface area contributed by atoms with Gasteiger partial charge in [0.2, 0.25) is 0 Å². The Morgan fingerprint density at radius 2 is 2.75 bits per heavy atom. The van der Waals surface area contributed by atoms with Gasteiger partial charge < -0.3 is 0 Å². The van der Waals surface area contributed by atoms with Gasteiger partial charge in [-0.05, 0) is 24.4 Å². The monoisotopic (exact) mass is 129 g/mol. The third-order valence-electron chi connectivity index (χ3n) is 0.941. The molecule has 0 amide bonds. The van der Waals surface area contributed by atoms with Gasteiger partial charge in [-0.15, -0.1) is 0 Å². The second-order valence-corrected chi connectivity index (χ2v) is 2.77. The fourth-order valence-electron chi connectivity index (χ4n) is 0.554. The van der Waals surface area contributed by atoms with Gasteiger partial charge in [0.05, 0.1) is 0 Å². The molecule has 0 radical (unpaired) electrons. The van der Waals surface area contributed by atoms with Gasteiger partial charge in [0.25, 0.3) is 0 Å². The van der Waals surface area contributed by atoms with E-state index >= 15 is 0 Å². The van der Waals surface area contributed by atoms with Crippen LogP contribution in [0.25, 0.3) is 0 Å². The van der Waals surface area contributed by atoms with Crippen LogP contribution in [0.4, 0.5) is 0 Å². The smallest absolute Gasteiger partial charge is 0.147 e. The second kappa shape index (κ2) is 2.33. The summed E-state index contributed by atoms with van der Waals surface area (Å²) >= 11 is 1.57. The van der Waals surface area contributed by atoms with Crippen molar-refractivity contribution in [1.82, 2.24) is 4.31 Å². The van der Waals surface area contributed by atoms with Gasteiger partial charge >= 0.3 is 0 Å². The summed E-state index contributed by atoms with van der Waals surface area (Å²) in [5.41, 5.74) is 0.873. The lowest BCUT2D eigenvalue weighted by Crippen LogP contribution is -2.06. The topological polar surface area (TPSA) is 20.3 Å². The van der Waals surface area contributed by atoms with E-state index in [0.717, 1.165) is 18.4 Å². The Morgan fingerprint density at radius 3 is 3.00 bits per heavy atom. The number of hydrogen-bond donors (Lipinski definition) is 0. The van der Waals surface area contributed by atoms with Crippen LogP contribution in [-0.4, -0.2) is 24.2 Å². The van der Waals surface area contributed by atoms with Crippen LogP contribution < -0.4 is 0 Å². The van der Waals surface area contributed by atoms with Crippen molar-refractivity contribution >= 4 is 18.2 Å². The number of carbonyl (C=O) groups is 1. The Morgan fingerprint density at radius 1 is 2.00 bits per heavy atom. The van der Waals surface area contributed by atoms with E-state index in [1.54, 1.807) is 11.9 Å². The quantitative estimate of drug-likeness (QED) is 0.383. The van der Waals surface area contributed by atoms with E-state index in [-0.39, 0.29) is 0 Å². The minimum absolute atomic E-state index is 0.786. The highest BCUT2D eigenvalue weighted by Gasteiger charge is 2.07. The lowest BCUT2D eigenvalue weighted by atomic mass is 10.3. The average Bonchev–Trinajstić information content (AvgIpc) is 2.14. The Labute approximate surface area is 52.7 Å². The summed E-state index contributed by atoms with van der Waals surface area (Å²) in [5.74, 6) is 0. The van der Waals surface area contributed by atoms with Crippen molar-refractivity contribution in [2.75, 3.05) is 13.6 Å². The fraction of sp³-hybridized carbons (Fsp3) is 0.400. The first kappa shape index (κ1) is 5.85. The molecule has 0 fully saturated rings. The van der Waals surface area contributed by atoms with Gasteiger partial charge in [-0.1, -0.05) is 0 Å². The minimum Gasteiger partial charge on any atom is -0.298 e. The van der Waals surface area contributed by atoms with E-state index in [9.17, 15) is 4.79 Å². The van der Waals surface area contributed by atoms with Crippen molar-refractivity contribution in [2.45, 2.75) is 0 Å². The highest BCUT2D eigenvalue weighted by molar-refractivity contribution is 8.00. The van der Waals surface area contributed by atoms with E-state index in [2.05, 4.69) is 0 Å². The molecule has 44 valence electrons. The van der Waals surface area contributed by atoms with E-state index in [1.165, 1.54) is 0 Å². The molecule has 1 aliphatic rings. The molecule has 3 heteroatoms. The van der Waals surface area contributed by atoms with Crippen LogP contribution in [0.3, 0.4) is 0 Å². The highest BCUT2D eigenvalue weighted by atomic mass is 32.2. The molecule has 0 N–H and O–H groups in total. The number of aldehydes is 1. The maximum Gasteiger partial charge on any atom is 0.147 e. The van der Waals surface area contributed by atoms with E-state index in [1.807, 2.05) is 16.8 Å². The average molecular weight is 129 g/mol. The van der Waals surface area contributed by atoms with Crippen LogP contribution in [0.15, 0.2) is 11.0 Å². The third-order valence-corrected chi connectivity index (χ3v) is 1.84. The van der Waals surface area contributed by atoms with Crippen molar-refractivity contribution in [2.24, 2.45) is 0 Å². The molecule has 0 saturated heterocycles. The van der Waals surface area contributed by atoms with Gasteiger partial charge in [0.1, 0.15) is 6.29 Å². The zero-order chi connectivity index (χ0) is 5.98. The summed E-state index contributed by atoms with van der Waals surface area (Å²) in [6, 6.07) is 0. The van der Waals surface area contributed by atoms with Gasteiger partial charge in [-0.2, -0.15) is 0 Å². The predicted molar refractivity (Wildman–Crippen MR) is 34.4 cm³/mol. The Hall–Kier alpha value is -0.280. The van der Waals surface area contributed by atoms with Gasteiger partial charge in [-0.3, -0.25) is 4.79 Å². The third kappa shape index (κ3) is 1.11. The molecule has 8 heavy (non-hydrogen) atoms. The summed E-state index contributed by atoms with van der Waals surface area (Å²) < 4.78 is 2.00. The van der Waals surface area contributed by atoms with Crippen molar-refractivity contribution in [3.05, 3.63) is 11.0 Å². The molecule has 1 heterocycles. The van der Waals surface area contributed by atoms with Gasteiger partial charge in [0.15, 0.2) is 0 Å². The van der Waals surface area contributed by atoms with Gasteiger partial charge in [-0.25, -0.2) is 4.31 Å². The molecule has 1 rings (SSSR count). The Kier molecular flexibility index (Phi) is 1.70. The molecule has 0 saturated carbocycles. The zero-order valence-corrected chi connectivity index (χ0v) is 5.44. The molecule has 0 aromatic carbocycles. The van der Waals surface area contributed by atoms with Crippen LogP contribution in [0.5, 0.6) is 0 Å². The first-order chi connectivity index (χ1) is 3.83. The van der Waals surface area contributed by atoms with Crippen LogP contribution in [-0.2, 0) is 4.79 Å².